The maximum absolute atomic E-state index is 11.6. The van der Waals surface area contributed by atoms with Crippen molar-refractivity contribution in [2.24, 2.45) is 11.8 Å². The van der Waals surface area contributed by atoms with Crippen LogP contribution in [0, 0.1) is 11.8 Å². The zero-order valence-corrected chi connectivity index (χ0v) is 9.54. The van der Waals surface area contributed by atoms with Crippen molar-refractivity contribution in [1.29, 1.82) is 0 Å². The number of benzene rings is 1. The monoisotopic (exact) mass is 232 g/mol. The summed E-state index contributed by atoms with van der Waals surface area (Å²) in [5, 5.41) is 12.3. The number of hydrogen-bond acceptors (Lipinski definition) is 3. The first-order valence-corrected chi connectivity index (χ1v) is 5.99. The normalized spacial score (nSPS) is 32.5. The fourth-order valence-electron chi connectivity index (χ4n) is 2.84. The molecule has 0 radical (unpaired) electrons. The Morgan fingerprint density at radius 2 is 2.06 bits per heavy atom. The van der Waals surface area contributed by atoms with E-state index in [1.807, 2.05) is 18.2 Å². The van der Waals surface area contributed by atoms with E-state index in [2.05, 4.69) is 22.3 Å². The topological polar surface area (TPSA) is 52.6 Å². The van der Waals surface area contributed by atoms with Gasteiger partial charge in [-0.15, -0.1) is 0 Å². The van der Waals surface area contributed by atoms with Crippen LogP contribution in [0.3, 0.4) is 0 Å². The summed E-state index contributed by atoms with van der Waals surface area (Å²) in [6, 6.07) is 10.2. The number of aliphatic hydroxyl groups excluding tert-OH is 1. The minimum atomic E-state index is -0.659. The molecule has 90 valence electrons. The number of likely N-dealkylation sites (tertiary alicyclic amines) is 1. The number of fused-ring (bicyclic) bond motifs is 1. The average molecular weight is 232 g/mol. The molecule has 2 aliphatic rings. The van der Waals surface area contributed by atoms with Crippen LogP contribution in [-0.2, 0) is 11.3 Å². The fraction of sp³-hybridized carbons (Fsp3) is 0.462. The number of carbonyl (C=O) groups excluding carboxylic acids is 1. The summed E-state index contributed by atoms with van der Waals surface area (Å²) in [7, 11) is 0. The zero-order valence-electron chi connectivity index (χ0n) is 9.54. The second kappa shape index (κ2) is 4.13. The van der Waals surface area contributed by atoms with Crippen LogP contribution in [0.25, 0.3) is 0 Å². The van der Waals surface area contributed by atoms with Crippen molar-refractivity contribution in [2.45, 2.75) is 12.8 Å². The zero-order chi connectivity index (χ0) is 11.8. The van der Waals surface area contributed by atoms with Crippen LogP contribution in [0.5, 0.6) is 0 Å². The van der Waals surface area contributed by atoms with E-state index < -0.39 is 6.23 Å². The lowest BCUT2D eigenvalue weighted by atomic mass is 9.99. The lowest BCUT2D eigenvalue weighted by molar-refractivity contribution is -0.123. The molecule has 1 amide bonds. The molecule has 3 unspecified atom stereocenters. The fourth-order valence-corrected chi connectivity index (χ4v) is 2.84. The summed E-state index contributed by atoms with van der Waals surface area (Å²) in [6.45, 7) is 2.40. The molecule has 0 saturated carbocycles. The predicted molar refractivity (Wildman–Crippen MR) is 62.8 cm³/mol. The number of nitrogens with zero attached hydrogens (tertiary/aromatic N) is 1. The van der Waals surface area contributed by atoms with Crippen molar-refractivity contribution in [3.05, 3.63) is 35.9 Å². The number of hydrogen-bond donors (Lipinski definition) is 2. The minimum absolute atomic E-state index is 0.00179. The molecule has 0 bridgehead atoms. The smallest absolute Gasteiger partial charge is 0.226 e. The summed E-state index contributed by atoms with van der Waals surface area (Å²) >= 11 is 0. The molecule has 0 aliphatic carbocycles. The number of aliphatic hydroxyl groups is 1. The average Bonchev–Trinajstić information content (AvgIpc) is 2.83. The first-order valence-electron chi connectivity index (χ1n) is 5.99. The van der Waals surface area contributed by atoms with Gasteiger partial charge < -0.3 is 10.4 Å². The van der Waals surface area contributed by atoms with Gasteiger partial charge in [0.25, 0.3) is 0 Å². The Morgan fingerprint density at radius 3 is 2.76 bits per heavy atom. The molecule has 2 N–H and O–H groups in total. The molecule has 2 saturated heterocycles. The van der Waals surface area contributed by atoms with Crippen molar-refractivity contribution < 1.29 is 9.90 Å². The molecule has 0 aromatic heterocycles. The molecule has 1 aromatic carbocycles. The second-order valence-electron chi connectivity index (χ2n) is 4.90. The van der Waals surface area contributed by atoms with E-state index >= 15 is 0 Å². The van der Waals surface area contributed by atoms with Gasteiger partial charge in [-0.1, -0.05) is 30.3 Å². The maximum Gasteiger partial charge on any atom is 0.226 e. The number of carbonyl (C=O) groups is 1. The Bertz CT molecular complexity index is 421. The highest BCUT2D eigenvalue weighted by Crippen LogP contribution is 2.31. The van der Waals surface area contributed by atoms with Crippen LogP contribution in [0.1, 0.15) is 5.56 Å². The van der Waals surface area contributed by atoms with Gasteiger partial charge in [-0.3, -0.25) is 9.69 Å². The third-order valence-corrected chi connectivity index (χ3v) is 3.72. The molecular formula is C13H16N2O2. The highest BCUT2D eigenvalue weighted by Gasteiger charge is 2.47. The molecule has 1 aromatic rings. The van der Waals surface area contributed by atoms with Gasteiger partial charge in [0.05, 0.1) is 5.92 Å². The summed E-state index contributed by atoms with van der Waals surface area (Å²) in [4.78, 5) is 13.8. The molecule has 4 nitrogen and oxygen atoms in total. The van der Waals surface area contributed by atoms with E-state index in [4.69, 9.17) is 0 Å². The summed E-state index contributed by atoms with van der Waals surface area (Å²) in [6.07, 6.45) is -0.659. The third-order valence-electron chi connectivity index (χ3n) is 3.72. The number of nitrogens with one attached hydrogen (secondary N) is 1. The Kier molecular flexibility index (Phi) is 2.61. The van der Waals surface area contributed by atoms with Crippen LogP contribution < -0.4 is 5.32 Å². The minimum Gasteiger partial charge on any atom is -0.373 e. The summed E-state index contributed by atoms with van der Waals surface area (Å²) < 4.78 is 0. The van der Waals surface area contributed by atoms with Crippen molar-refractivity contribution in [1.82, 2.24) is 10.2 Å². The van der Waals surface area contributed by atoms with Gasteiger partial charge in [0.2, 0.25) is 5.91 Å². The van der Waals surface area contributed by atoms with Crippen LogP contribution in [0.4, 0.5) is 0 Å². The van der Waals surface area contributed by atoms with E-state index in [0.29, 0.717) is 0 Å². The largest absolute Gasteiger partial charge is 0.373 e. The lowest BCUT2D eigenvalue weighted by Gasteiger charge is -2.18. The molecule has 2 heterocycles. The summed E-state index contributed by atoms with van der Waals surface area (Å²) in [5.41, 5.74) is 1.25. The Hall–Kier alpha value is -1.39. The van der Waals surface area contributed by atoms with E-state index in [-0.39, 0.29) is 17.7 Å². The second-order valence-corrected chi connectivity index (χ2v) is 4.90. The van der Waals surface area contributed by atoms with Crippen molar-refractivity contribution in [2.75, 3.05) is 13.1 Å². The predicted octanol–water partition coefficient (Wildman–Crippen LogP) is 0.183. The molecule has 2 aliphatic heterocycles. The van der Waals surface area contributed by atoms with Crippen LogP contribution >= 0.6 is 0 Å². The van der Waals surface area contributed by atoms with E-state index in [9.17, 15) is 9.90 Å². The third kappa shape index (κ3) is 1.94. The quantitative estimate of drug-likeness (QED) is 0.765. The number of amides is 1. The molecular weight excluding hydrogens is 216 g/mol. The van der Waals surface area contributed by atoms with Gasteiger partial charge in [0, 0.05) is 25.6 Å². The molecule has 2 fully saturated rings. The van der Waals surface area contributed by atoms with Gasteiger partial charge in [-0.2, -0.15) is 0 Å². The Labute approximate surface area is 100 Å². The molecule has 17 heavy (non-hydrogen) atoms. The SMILES string of the molecule is O=C1NC(O)C2CN(Cc3ccccc3)CC12. The Morgan fingerprint density at radius 1 is 1.29 bits per heavy atom. The van der Waals surface area contributed by atoms with Crippen LogP contribution in [0.15, 0.2) is 30.3 Å². The lowest BCUT2D eigenvalue weighted by Crippen LogP contribution is -2.34. The van der Waals surface area contributed by atoms with Crippen molar-refractivity contribution >= 4 is 5.91 Å². The van der Waals surface area contributed by atoms with Gasteiger partial charge >= 0.3 is 0 Å². The van der Waals surface area contributed by atoms with Crippen molar-refractivity contribution in [3.8, 4) is 0 Å². The summed E-state index contributed by atoms with van der Waals surface area (Å²) in [5.74, 6) is 0.0259. The Balaban J connectivity index is 1.67. The van der Waals surface area contributed by atoms with Gasteiger partial charge in [-0.25, -0.2) is 0 Å². The highest BCUT2D eigenvalue weighted by atomic mass is 16.3. The number of rotatable bonds is 2. The van der Waals surface area contributed by atoms with Gasteiger partial charge in [-0.05, 0) is 5.56 Å². The maximum atomic E-state index is 11.6. The molecule has 3 rings (SSSR count). The molecule has 0 spiro atoms. The molecule has 4 heteroatoms. The first-order chi connectivity index (χ1) is 8.24. The van der Waals surface area contributed by atoms with Crippen LogP contribution in [-0.4, -0.2) is 35.2 Å². The highest BCUT2D eigenvalue weighted by molar-refractivity contribution is 5.82. The van der Waals surface area contributed by atoms with E-state index in [1.165, 1.54) is 5.56 Å². The van der Waals surface area contributed by atoms with Crippen molar-refractivity contribution in [3.63, 3.8) is 0 Å². The van der Waals surface area contributed by atoms with E-state index in [1.54, 1.807) is 0 Å². The standard InChI is InChI=1S/C13H16N2O2/c16-12-10-7-15(8-11(10)13(17)14-12)6-9-4-2-1-3-5-9/h1-5,10-12,16H,6-8H2,(H,14,17). The van der Waals surface area contributed by atoms with E-state index in [0.717, 1.165) is 19.6 Å². The van der Waals surface area contributed by atoms with Gasteiger partial charge in [0.15, 0.2) is 0 Å². The first kappa shape index (κ1) is 10.7. The molecule has 3 atom stereocenters. The van der Waals surface area contributed by atoms with Crippen LogP contribution in [0.2, 0.25) is 0 Å². The van der Waals surface area contributed by atoms with Gasteiger partial charge in [0.1, 0.15) is 6.23 Å².